The van der Waals surface area contributed by atoms with Gasteiger partial charge in [-0.2, -0.15) is 0 Å². The minimum Gasteiger partial charge on any atom is -0.344 e. The van der Waals surface area contributed by atoms with Gasteiger partial charge < -0.3 is 10.2 Å². The molecule has 2 amide bonds. The summed E-state index contributed by atoms with van der Waals surface area (Å²) in [4.78, 5) is 25.1. The lowest BCUT2D eigenvalue weighted by Crippen LogP contribution is -2.45. The Morgan fingerprint density at radius 3 is 2.00 bits per heavy atom. The van der Waals surface area contributed by atoms with Crippen LogP contribution < -0.4 is 5.32 Å². The first-order valence-electron chi connectivity index (χ1n) is 6.06. The van der Waals surface area contributed by atoms with E-state index in [1.54, 1.807) is 11.0 Å². The Kier molecular flexibility index (Phi) is 7.26. The lowest BCUT2D eigenvalue weighted by molar-refractivity contribution is -0.146. The smallest absolute Gasteiger partial charge is 0.311 e. The summed E-state index contributed by atoms with van der Waals surface area (Å²) < 4.78 is 0. The van der Waals surface area contributed by atoms with Crippen LogP contribution in [0.5, 0.6) is 0 Å². The minimum absolute atomic E-state index is 0.321. The second-order valence-corrected chi connectivity index (χ2v) is 5.00. The van der Waals surface area contributed by atoms with E-state index < -0.39 is 11.8 Å². The Morgan fingerprint density at radius 2 is 1.65 bits per heavy atom. The number of rotatable bonds is 6. The predicted molar refractivity (Wildman–Crippen MR) is 69.5 cm³/mol. The molecule has 4 nitrogen and oxygen atoms in total. The zero-order chi connectivity index (χ0) is 13.4. The summed E-state index contributed by atoms with van der Waals surface area (Å²) in [6.07, 6.45) is 1.56. The SMILES string of the molecule is C=CCNC(=O)C(=O)N(CC(C)C)CC(C)C. The van der Waals surface area contributed by atoms with E-state index >= 15 is 0 Å². The van der Waals surface area contributed by atoms with Gasteiger partial charge in [0.25, 0.3) is 0 Å². The van der Waals surface area contributed by atoms with Crippen LogP contribution >= 0.6 is 0 Å². The van der Waals surface area contributed by atoms with Crippen molar-refractivity contribution >= 4 is 11.8 Å². The van der Waals surface area contributed by atoms with Crippen LogP contribution in [0.1, 0.15) is 27.7 Å². The average Bonchev–Trinajstić information content (AvgIpc) is 2.22. The molecule has 0 unspecified atom stereocenters. The number of hydrogen-bond donors (Lipinski definition) is 1. The first-order chi connectivity index (χ1) is 7.88. The quantitative estimate of drug-likeness (QED) is 0.564. The van der Waals surface area contributed by atoms with Crippen molar-refractivity contribution in [3.05, 3.63) is 12.7 Å². The van der Waals surface area contributed by atoms with Gasteiger partial charge in [0.1, 0.15) is 0 Å². The number of nitrogens with zero attached hydrogens (tertiary/aromatic N) is 1. The van der Waals surface area contributed by atoms with Crippen LogP contribution in [0.4, 0.5) is 0 Å². The van der Waals surface area contributed by atoms with Crippen molar-refractivity contribution in [2.45, 2.75) is 27.7 Å². The maximum Gasteiger partial charge on any atom is 0.311 e. The van der Waals surface area contributed by atoms with Crippen LogP contribution in [0, 0.1) is 11.8 Å². The topological polar surface area (TPSA) is 49.4 Å². The Bertz CT molecular complexity index is 263. The molecule has 0 atom stereocenters. The van der Waals surface area contributed by atoms with Gasteiger partial charge in [0.2, 0.25) is 0 Å². The maximum atomic E-state index is 11.9. The van der Waals surface area contributed by atoms with E-state index in [0.717, 1.165) is 0 Å². The largest absolute Gasteiger partial charge is 0.344 e. The summed E-state index contributed by atoms with van der Waals surface area (Å²) in [6.45, 7) is 13.2. The molecule has 0 radical (unpaired) electrons. The third kappa shape index (κ3) is 6.76. The van der Waals surface area contributed by atoms with Crippen molar-refractivity contribution in [1.82, 2.24) is 10.2 Å². The summed E-state index contributed by atoms with van der Waals surface area (Å²) in [5.74, 6) is -0.296. The molecule has 0 rings (SSSR count). The molecule has 0 heterocycles. The zero-order valence-corrected chi connectivity index (χ0v) is 11.3. The molecule has 0 aliphatic rings. The van der Waals surface area contributed by atoms with Gasteiger partial charge in [0.15, 0.2) is 0 Å². The third-order valence-electron chi connectivity index (χ3n) is 2.06. The van der Waals surface area contributed by atoms with E-state index in [4.69, 9.17) is 0 Å². The van der Waals surface area contributed by atoms with E-state index in [2.05, 4.69) is 11.9 Å². The van der Waals surface area contributed by atoms with Gasteiger partial charge in [-0.05, 0) is 11.8 Å². The van der Waals surface area contributed by atoms with E-state index in [1.165, 1.54) is 0 Å². The molecule has 0 aliphatic heterocycles. The standard InChI is InChI=1S/C13H24N2O2/c1-6-7-14-12(16)13(17)15(8-10(2)3)9-11(4)5/h6,10-11H,1,7-9H2,2-5H3,(H,14,16). The molecule has 0 bridgehead atoms. The fraction of sp³-hybridized carbons (Fsp3) is 0.692. The second kappa shape index (κ2) is 7.87. The molecule has 0 aliphatic carbocycles. The monoisotopic (exact) mass is 240 g/mol. The van der Waals surface area contributed by atoms with Crippen LogP contribution in [0.2, 0.25) is 0 Å². The number of carbonyl (C=O) groups is 2. The molecular weight excluding hydrogens is 216 g/mol. The fourth-order valence-corrected chi connectivity index (χ4v) is 1.51. The highest BCUT2D eigenvalue weighted by Gasteiger charge is 2.22. The molecule has 0 saturated carbocycles. The van der Waals surface area contributed by atoms with E-state index in [1.807, 2.05) is 27.7 Å². The number of amides is 2. The van der Waals surface area contributed by atoms with Crippen LogP contribution in [-0.4, -0.2) is 36.3 Å². The lowest BCUT2D eigenvalue weighted by atomic mass is 10.1. The van der Waals surface area contributed by atoms with Crippen LogP contribution in [0.3, 0.4) is 0 Å². The fourth-order valence-electron chi connectivity index (χ4n) is 1.51. The molecule has 0 spiro atoms. The van der Waals surface area contributed by atoms with E-state index in [0.29, 0.717) is 31.5 Å². The maximum absolute atomic E-state index is 11.9. The van der Waals surface area contributed by atoms with Crippen molar-refractivity contribution in [1.29, 1.82) is 0 Å². The number of nitrogens with one attached hydrogen (secondary N) is 1. The Morgan fingerprint density at radius 1 is 1.18 bits per heavy atom. The highest BCUT2D eigenvalue weighted by Crippen LogP contribution is 2.04. The summed E-state index contributed by atoms with van der Waals surface area (Å²) >= 11 is 0. The summed E-state index contributed by atoms with van der Waals surface area (Å²) in [5, 5.41) is 2.51. The minimum atomic E-state index is -0.550. The summed E-state index contributed by atoms with van der Waals surface area (Å²) in [5.41, 5.74) is 0. The molecule has 0 saturated heterocycles. The number of carbonyl (C=O) groups excluding carboxylic acids is 2. The Balaban J connectivity index is 4.49. The van der Waals surface area contributed by atoms with Crippen molar-refractivity contribution in [2.24, 2.45) is 11.8 Å². The van der Waals surface area contributed by atoms with Gasteiger partial charge in [-0.1, -0.05) is 33.8 Å². The van der Waals surface area contributed by atoms with Gasteiger partial charge >= 0.3 is 11.8 Å². The summed E-state index contributed by atoms with van der Waals surface area (Å²) in [6, 6.07) is 0. The van der Waals surface area contributed by atoms with Crippen molar-refractivity contribution in [3.8, 4) is 0 Å². The molecule has 0 fully saturated rings. The molecular formula is C13H24N2O2. The zero-order valence-electron chi connectivity index (χ0n) is 11.3. The van der Waals surface area contributed by atoms with Gasteiger partial charge in [-0.15, -0.1) is 6.58 Å². The van der Waals surface area contributed by atoms with E-state index in [9.17, 15) is 9.59 Å². The van der Waals surface area contributed by atoms with Crippen molar-refractivity contribution in [2.75, 3.05) is 19.6 Å². The molecule has 0 aromatic rings. The van der Waals surface area contributed by atoms with Gasteiger partial charge in [0, 0.05) is 19.6 Å². The molecule has 1 N–H and O–H groups in total. The number of hydrogen-bond acceptors (Lipinski definition) is 2. The first kappa shape index (κ1) is 15.7. The second-order valence-electron chi connectivity index (χ2n) is 5.00. The normalized spacial score (nSPS) is 10.5. The average molecular weight is 240 g/mol. The third-order valence-corrected chi connectivity index (χ3v) is 2.06. The van der Waals surface area contributed by atoms with Crippen molar-refractivity contribution < 1.29 is 9.59 Å². The first-order valence-corrected chi connectivity index (χ1v) is 6.06. The van der Waals surface area contributed by atoms with Crippen molar-refractivity contribution in [3.63, 3.8) is 0 Å². The van der Waals surface area contributed by atoms with Gasteiger partial charge in [-0.3, -0.25) is 9.59 Å². The molecule has 4 heteroatoms. The highest BCUT2D eigenvalue weighted by atomic mass is 16.2. The van der Waals surface area contributed by atoms with Crippen LogP contribution in [0.15, 0.2) is 12.7 Å². The summed E-state index contributed by atoms with van der Waals surface area (Å²) in [7, 11) is 0. The molecule has 0 aromatic carbocycles. The molecule has 0 aromatic heterocycles. The molecule has 98 valence electrons. The van der Waals surface area contributed by atoms with Gasteiger partial charge in [-0.25, -0.2) is 0 Å². The van der Waals surface area contributed by atoms with Crippen LogP contribution in [0.25, 0.3) is 0 Å². The predicted octanol–water partition coefficient (Wildman–Crippen LogP) is 1.43. The Labute approximate surface area is 104 Å². The van der Waals surface area contributed by atoms with E-state index in [-0.39, 0.29) is 0 Å². The lowest BCUT2D eigenvalue weighted by Gasteiger charge is -2.25. The Hall–Kier alpha value is -1.32. The van der Waals surface area contributed by atoms with Crippen LogP contribution in [-0.2, 0) is 9.59 Å². The molecule has 17 heavy (non-hydrogen) atoms. The highest BCUT2D eigenvalue weighted by molar-refractivity contribution is 6.35. The van der Waals surface area contributed by atoms with Gasteiger partial charge in [0.05, 0.1) is 0 Å².